The van der Waals surface area contributed by atoms with Crippen molar-refractivity contribution in [2.45, 2.75) is 27.2 Å². The van der Waals surface area contributed by atoms with Crippen LogP contribution >= 0.6 is 0 Å². The molecule has 0 aliphatic carbocycles. The minimum Gasteiger partial charge on any atom is -0.496 e. The Hall–Kier alpha value is -3.41. The topological polar surface area (TPSA) is 76.1 Å². The molecule has 1 aromatic heterocycles. The molecule has 6 nitrogen and oxygen atoms in total. The number of hydrogen-bond acceptors (Lipinski definition) is 5. The summed E-state index contributed by atoms with van der Waals surface area (Å²) in [4.78, 5) is 21.3. The maximum Gasteiger partial charge on any atom is 0.274 e. The van der Waals surface area contributed by atoms with E-state index in [1.54, 1.807) is 20.1 Å². The minimum absolute atomic E-state index is 0.258. The predicted molar refractivity (Wildman–Crippen MR) is 116 cm³/mol. The second kappa shape index (κ2) is 9.19. The number of amides is 1. The molecule has 0 atom stereocenters. The average molecular weight is 390 g/mol. The van der Waals surface area contributed by atoms with Crippen LogP contribution in [0, 0.1) is 20.8 Å². The number of anilines is 2. The zero-order valence-electron chi connectivity index (χ0n) is 17.2. The van der Waals surface area contributed by atoms with Gasteiger partial charge in [-0.25, -0.2) is 9.97 Å². The monoisotopic (exact) mass is 390 g/mol. The lowest BCUT2D eigenvalue weighted by Gasteiger charge is -2.11. The van der Waals surface area contributed by atoms with Crippen LogP contribution in [0.2, 0.25) is 0 Å². The van der Waals surface area contributed by atoms with Gasteiger partial charge in [0.1, 0.15) is 23.1 Å². The van der Waals surface area contributed by atoms with Gasteiger partial charge in [-0.05, 0) is 62.1 Å². The van der Waals surface area contributed by atoms with Crippen molar-refractivity contribution in [1.29, 1.82) is 0 Å². The van der Waals surface area contributed by atoms with E-state index in [0.717, 1.165) is 29.0 Å². The van der Waals surface area contributed by atoms with Crippen LogP contribution in [0.5, 0.6) is 5.75 Å². The van der Waals surface area contributed by atoms with Crippen molar-refractivity contribution in [2.24, 2.45) is 0 Å². The van der Waals surface area contributed by atoms with E-state index in [1.165, 1.54) is 5.56 Å². The summed E-state index contributed by atoms with van der Waals surface area (Å²) >= 11 is 0. The Morgan fingerprint density at radius 1 is 1.00 bits per heavy atom. The Morgan fingerprint density at radius 2 is 1.79 bits per heavy atom. The van der Waals surface area contributed by atoms with Crippen molar-refractivity contribution in [3.8, 4) is 5.75 Å². The summed E-state index contributed by atoms with van der Waals surface area (Å²) in [6.45, 7) is 6.49. The molecule has 0 spiro atoms. The summed E-state index contributed by atoms with van der Waals surface area (Å²) in [7, 11) is 1.67. The number of aromatic nitrogens is 2. The van der Waals surface area contributed by atoms with E-state index in [9.17, 15) is 4.79 Å². The summed E-state index contributed by atoms with van der Waals surface area (Å²) in [6, 6.07) is 15.4. The lowest BCUT2D eigenvalue weighted by atomic mass is 10.1. The van der Waals surface area contributed by atoms with Crippen molar-refractivity contribution in [3.63, 3.8) is 0 Å². The third kappa shape index (κ3) is 5.31. The van der Waals surface area contributed by atoms with E-state index in [4.69, 9.17) is 4.74 Å². The number of aryl methyl sites for hydroxylation is 3. The molecule has 150 valence electrons. The van der Waals surface area contributed by atoms with Gasteiger partial charge in [-0.15, -0.1) is 0 Å². The molecule has 0 aliphatic heterocycles. The predicted octanol–water partition coefficient (Wildman–Crippen LogP) is 4.32. The molecule has 1 amide bonds. The molecule has 0 radical (unpaired) electrons. The van der Waals surface area contributed by atoms with Crippen LogP contribution in [0.25, 0.3) is 0 Å². The largest absolute Gasteiger partial charge is 0.496 e. The first kappa shape index (κ1) is 20.3. The highest BCUT2D eigenvalue weighted by molar-refractivity contribution is 6.03. The highest BCUT2D eigenvalue weighted by atomic mass is 16.5. The number of carbonyl (C=O) groups is 1. The van der Waals surface area contributed by atoms with Gasteiger partial charge in [-0.1, -0.05) is 24.3 Å². The fourth-order valence-electron chi connectivity index (χ4n) is 3.02. The van der Waals surface area contributed by atoms with Crippen molar-refractivity contribution < 1.29 is 9.53 Å². The van der Waals surface area contributed by atoms with Gasteiger partial charge in [-0.2, -0.15) is 0 Å². The Morgan fingerprint density at radius 3 is 2.55 bits per heavy atom. The number of para-hydroxylation sites is 1. The first-order valence-corrected chi connectivity index (χ1v) is 9.56. The number of rotatable bonds is 7. The van der Waals surface area contributed by atoms with Crippen molar-refractivity contribution in [2.75, 3.05) is 24.3 Å². The summed E-state index contributed by atoms with van der Waals surface area (Å²) in [5.74, 6) is 1.77. The first-order valence-electron chi connectivity index (χ1n) is 9.56. The number of methoxy groups -OCH3 is 1. The van der Waals surface area contributed by atoms with Crippen LogP contribution in [-0.2, 0) is 6.42 Å². The van der Waals surface area contributed by atoms with Crippen molar-refractivity contribution >= 4 is 17.4 Å². The van der Waals surface area contributed by atoms with Gasteiger partial charge < -0.3 is 15.4 Å². The summed E-state index contributed by atoms with van der Waals surface area (Å²) < 4.78 is 5.38. The van der Waals surface area contributed by atoms with Crippen molar-refractivity contribution in [3.05, 3.63) is 76.7 Å². The van der Waals surface area contributed by atoms with Gasteiger partial charge in [0, 0.05) is 18.3 Å². The summed E-state index contributed by atoms with van der Waals surface area (Å²) in [6.07, 6.45) is 0.775. The Balaban J connectivity index is 1.67. The van der Waals surface area contributed by atoms with Gasteiger partial charge in [-0.3, -0.25) is 4.79 Å². The highest BCUT2D eigenvalue weighted by Crippen LogP contribution is 2.18. The molecule has 2 aromatic carbocycles. The van der Waals surface area contributed by atoms with Gasteiger partial charge >= 0.3 is 0 Å². The quantitative estimate of drug-likeness (QED) is 0.628. The number of nitrogens with one attached hydrogen (secondary N) is 2. The van der Waals surface area contributed by atoms with Crippen LogP contribution in [0.3, 0.4) is 0 Å². The van der Waals surface area contributed by atoms with E-state index in [2.05, 4.69) is 20.6 Å². The van der Waals surface area contributed by atoms with Crippen LogP contribution in [0.4, 0.5) is 11.5 Å². The first-order chi connectivity index (χ1) is 14.0. The molecule has 0 aliphatic rings. The molecular weight excluding hydrogens is 364 g/mol. The number of benzene rings is 2. The van der Waals surface area contributed by atoms with Gasteiger partial charge in [0.15, 0.2) is 0 Å². The standard InChI is InChI=1S/C23H26N4O2/c1-15-9-10-19(13-16(15)2)27-23(28)20-14-22(26-17(3)25-20)24-12-11-18-7-5-6-8-21(18)29-4/h5-10,13-14H,11-12H2,1-4H3,(H,27,28)(H,24,25,26). The lowest BCUT2D eigenvalue weighted by Crippen LogP contribution is -2.16. The third-order valence-electron chi connectivity index (χ3n) is 4.73. The van der Waals surface area contributed by atoms with E-state index in [0.29, 0.717) is 23.9 Å². The molecule has 0 saturated carbocycles. The summed E-state index contributed by atoms with van der Waals surface area (Å²) in [5.41, 5.74) is 4.50. The zero-order valence-corrected chi connectivity index (χ0v) is 17.2. The SMILES string of the molecule is COc1ccccc1CCNc1cc(C(=O)Nc2ccc(C)c(C)c2)nc(C)n1. The van der Waals surface area contributed by atoms with Gasteiger partial charge in [0.2, 0.25) is 0 Å². The van der Waals surface area contributed by atoms with E-state index in [-0.39, 0.29) is 5.91 Å². The van der Waals surface area contributed by atoms with Crippen LogP contribution in [-0.4, -0.2) is 29.5 Å². The third-order valence-corrected chi connectivity index (χ3v) is 4.73. The minimum atomic E-state index is -0.258. The number of hydrogen-bond donors (Lipinski definition) is 2. The molecule has 0 fully saturated rings. The molecule has 29 heavy (non-hydrogen) atoms. The second-order valence-corrected chi connectivity index (χ2v) is 6.93. The average Bonchev–Trinajstić information content (AvgIpc) is 2.70. The molecule has 2 N–H and O–H groups in total. The number of carbonyl (C=O) groups excluding carboxylic acids is 1. The molecule has 3 rings (SSSR count). The van der Waals surface area contributed by atoms with Gasteiger partial charge in [0.05, 0.1) is 7.11 Å². The molecule has 1 heterocycles. The van der Waals surface area contributed by atoms with Gasteiger partial charge in [0.25, 0.3) is 5.91 Å². The van der Waals surface area contributed by atoms with Crippen LogP contribution in [0.15, 0.2) is 48.5 Å². The number of nitrogens with zero attached hydrogens (tertiary/aromatic N) is 2. The molecule has 6 heteroatoms. The zero-order chi connectivity index (χ0) is 20.8. The maximum absolute atomic E-state index is 12.6. The molecule has 0 saturated heterocycles. The molecule has 0 bridgehead atoms. The Labute approximate surface area is 171 Å². The van der Waals surface area contributed by atoms with E-state index in [1.807, 2.05) is 56.3 Å². The second-order valence-electron chi connectivity index (χ2n) is 6.93. The normalized spacial score (nSPS) is 10.5. The van der Waals surface area contributed by atoms with Crippen molar-refractivity contribution in [1.82, 2.24) is 9.97 Å². The van der Waals surface area contributed by atoms with Crippen LogP contribution in [0.1, 0.15) is 33.0 Å². The molecule has 3 aromatic rings. The smallest absolute Gasteiger partial charge is 0.274 e. The molecular formula is C23H26N4O2. The maximum atomic E-state index is 12.6. The fourth-order valence-corrected chi connectivity index (χ4v) is 3.02. The van der Waals surface area contributed by atoms with Crippen LogP contribution < -0.4 is 15.4 Å². The Kier molecular flexibility index (Phi) is 6.44. The number of ether oxygens (including phenoxy) is 1. The lowest BCUT2D eigenvalue weighted by molar-refractivity contribution is 0.102. The highest BCUT2D eigenvalue weighted by Gasteiger charge is 2.12. The fraction of sp³-hybridized carbons (Fsp3) is 0.261. The molecule has 0 unspecified atom stereocenters. The van der Waals surface area contributed by atoms with E-state index < -0.39 is 0 Å². The van der Waals surface area contributed by atoms with E-state index >= 15 is 0 Å². The summed E-state index contributed by atoms with van der Waals surface area (Å²) in [5, 5.41) is 6.18. The Bertz CT molecular complexity index is 1020.